The summed E-state index contributed by atoms with van der Waals surface area (Å²) in [7, 11) is 0. The fraction of sp³-hybridized carbons (Fsp3) is 0.833. The second kappa shape index (κ2) is 2.82. The summed E-state index contributed by atoms with van der Waals surface area (Å²) < 4.78 is 0. The average Bonchev–Trinajstić information content (AvgIpc) is 2.34. The highest BCUT2D eigenvalue weighted by atomic mass is 16.3. The van der Waals surface area contributed by atoms with Gasteiger partial charge in [-0.1, -0.05) is 0 Å². The number of aliphatic hydroxyl groups excluding tert-OH is 1. The summed E-state index contributed by atoms with van der Waals surface area (Å²) in [6.07, 6.45) is 1.80. The molecule has 1 saturated heterocycles. The van der Waals surface area contributed by atoms with Crippen molar-refractivity contribution in [1.82, 2.24) is 4.90 Å². The van der Waals surface area contributed by atoms with Gasteiger partial charge in [-0.2, -0.15) is 0 Å². The largest absolute Gasteiger partial charge is 0.396 e. The van der Waals surface area contributed by atoms with Crippen molar-refractivity contribution in [2.45, 2.75) is 6.42 Å². The van der Waals surface area contributed by atoms with Crippen molar-refractivity contribution < 1.29 is 9.90 Å². The summed E-state index contributed by atoms with van der Waals surface area (Å²) in [6.45, 7) is 1.76. The van der Waals surface area contributed by atoms with E-state index in [9.17, 15) is 4.79 Å². The van der Waals surface area contributed by atoms with Gasteiger partial charge in [0.2, 0.25) is 6.41 Å². The Hall–Kier alpha value is -0.570. The fourth-order valence-electron chi connectivity index (χ4n) is 1.11. The van der Waals surface area contributed by atoms with Crippen LogP contribution < -0.4 is 0 Å². The van der Waals surface area contributed by atoms with Crippen LogP contribution >= 0.6 is 0 Å². The van der Waals surface area contributed by atoms with Crippen molar-refractivity contribution in [3.05, 3.63) is 0 Å². The van der Waals surface area contributed by atoms with Gasteiger partial charge in [-0.25, -0.2) is 0 Å². The summed E-state index contributed by atoms with van der Waals surface area (Å²) in [4.78, 5) is 11.8. The van der Waals surface area contributed by atoms with Crippen LogP contribution in [0.25, 0.3) is 0 Å². The van der Waals surface area contributed by atoms with Crippen LogP contribution in [0.3, 0.4) is 0 Å². The molecule has 3 nitrogen and oxygen atoms in total. The molecule has 1 heterocycles. The highest BCUT2D eigenvalue weighted by molar-refractivity contribution is 5.47. The van der Waals surface area contributed by atoms with Crippen LogP contribution in [0.2, 0.25) is 0 Å². The second-order valence-electron chi connectivity index (χ2n) is 2.44. The third-order valence-corrected chi connectivity index (χ3v) is 1.72. The molecule has 0 aromatic rings. The first kappa shape index (κ1) is 6.55. The SMILES string of the molecule is O=CN1CC[C@H](CO)C1. The monoisotopic (exact) mass is 129 g/mol. The third-order valence-electron chi connectivity index (χ3n) is 1.72. The van der Waals surface area contributed by atoms with E-state index in [0.717, 1.165) is 25.9 Å². The Labute approximate surface area is 54.3 Å². The maximum Gasteiger partial charge on any atom is 0.209 e. The molecule has 1 amide bonds. The predicted molar refractivity (Wildman–Crippen MR) is 32.8 cm³/mol. The van der Waals surface area contributed by atoms with Gasteiger partial charge in [-0.15, -0.1) is 0 Å². The van der Waals surface area contributed by atoms with Gasteiger partial charge in [0.15, 0.2) is 0 Å². The van der Waals surface area contributed by atoms with E-state index in [1.807, 2.05) is 0 Å². The molecule has 3 heteroatoms. The van der Waals surface area contributed by atoms with E-state index >= 15 is 0 Å². The van der Waals surface area contributed by atoms with E-state index in [0.29, 0.717) is 5.92 Å². The van der Waals surface area contributed by atoms with Crippen molar-refractivity contribution in [1.29, 1.82) is 0 Å². The number of hydrogen-bond donors (Lipinski definition) is 1. The topological polar surface area (TPSA) is 40.5 Å². The summed E-state index contributed by atoms with van der Waals surface area (Å²) in [5.74, 6) is 0.329. The molecule has 1 fully saturated rings. The van der Waals surface area contributed by atoms with Gasteiger partial charge in [-0.05, 0) is 6.42 Å². The van der Waals surface area contributed by atoms with Gasteiger partial charge in [0.05, 0.1) is 0 Å². The van der Waals surface area contributed by atoms with Gasteiger partial charge in [0.25, 0.3) is 0 Å². The first-order valence-electron chi connectivity index (χ1n) is 3.17. The molecule has 52 valence electrons. The number of likely N-dealkylation sites (tertiary alicyclic amines) is 1. The van der Waals surface area contributed by atoms with Crippen molar-refractivity contribution in [3.63, 3.8) is 0 Å². The second-order valence-corrected chi connectivity index (χ2v) is 2.44. The molecule has 1 rings (SSSR count). The van der Waals surface area contributed by atoms with Gasteiger partial charge < -0.3 is 10.0 Å². The van der Waals surface area contributed by atoms with Crippen molar-refractivity contribution in [2.75, 3.05) is 19.7 Å². The Morgan fingerprint density at radius 2 is 2.56 bits per heavy atom. The molecule has 9 heavy (non-hydrogen) atoms. The smallest absolute Gasteiger partial charge is 0.209 e. The van der Waals surface area contributed by atoms with Gasteiger partial charge >= 0.3 is 0 Å². The van der Waals surface area contributed by atoms with Gasteiger partial charge in [0.1, 0.15) is 0 Å². The van der Waals surface area contributed by atoms with Crippen LogP contribution in [0.15, 0.2) is 0 Å². The Bertz CT molecular complexity index is 105. The summed E-state index contributed by atoms with van der Waals surface area (Å²) in [6, 6.07) is 0. The normalized spacial score (nSPS) is 26.8. The number of rotatable bonds is 2. The molecule has 0 bridgehead atoms. The Balaban J connectivity index is 2.28. The van der Waals surface area contributed by atoms with E-state index in [-0.39, 0.29) is 6.61 Å². The summed E-state index contributed by atoms with van der Waals surface area (Å²) in [5.41, 5.74) is 0. The molecule has 0 aliphatic carbocycles. The summed E-state index contributed by atoms with van der Waals surface area (Å²) >= 11 is 0. The van der Waals surface area contributed by atoms with Crippen molar-refractivity contribution >= 4 is 6.41 Å². The zero-order valence-electron chi connectivity index (χ0n) is 5.29. The maximum atomic E-state index is 10.1. The molecule has 1 N–H and O–H groups in total. The Morgan fingerprint density at radius 3 is 2.89 bits per heavy atom. The molecule has 1 aliphatic heterocycles. The lowest BCUT2D eigenvalue weighted by Gasteiger charge is -2.06. The molecule has 1 aliphatic rings. The molecule has 1 atom stereocenters. The minimum atomic E-state index is 0.213. The average molecular weight is 129 g/mol. The molecule has 0 spiro atoms. The number of nitrogens with zero attached hydrogens (tertiary/aromatic N) is 1. The first-order valence-corrected chi connectivity index (χ1v) is 3.17. The Morgan fingerprint density at radius 1 is 1.78 bits per heavy atom. The van der Waals surface area contributed by atoms with Gasteiger partial charge in [-0.3, -0.25) is 4.79 Å². The van der Waals surface area contributed by atoms with Crippen LogP contribution in [-0.4, -0.2) is 36.1 Å². The Kier molecular flexibility index (Phi) is 2.05. The maximum absolute atomic E-state index is 10.1. The van der Waals surface area contributed by atoms with E-state index in [4.69, 9.17) is 5.11 Å². The van der Waals surface area contributed by atoms with Crippen molar-refractivity contribution in [3.8, 4) is 0 Å². The van der Waals surface area contributed by atoms with Crippen LogP contribution in [0, 0.1) is 5.92 Å². The molecule has 0 aromatic carbocycles. The number of carbonyl (C=O) groups is 1. The molecular weight excluding hydrogens is 118 g/mol. The molecule has 0 radical (unpaired) electrons. The first-order chi connectivity index (χ1) is 4.36. The quantitative estimate of drug-likeness (QED) is 0.508. The lowest BCUT2D eigenvalue weighted by Crippen LogP contribution is -2.18. The minimum absolute atomic E-state index is 0.213. The molecular formula is C6H11NO2. The van der Waals surface area contributed by atoms with Gasteiger partial charge in [0, 0.05) is 25.6 Å². The predicted octanol–water partition coefficient (Wildman–Crippen LogP) is -0.543. The van der Waals surface area contributed by atoms with Crippen LogP contribution in [0.4, 0.5) is 0 Å². The standard InChI is InChI=1S/C6H11NO2/c8-4-6-1-2-7(3-6)5-9/h5-6,8H,1-4H2/t6-/m0/s1. The molecule has 0 saturated carbocycles. The van der Waals surface area contributed by atoms with E-state index < -0.39 is 0 Å². The fourth-order valence-corrected chi connectivity index (χ4v) is 1.11. The highest BCUT2D eigenvalue weighted by Gasteiger charge is 2.19. The van der Waals surface area contributed by atoms with Crippen LogP contribution in [-0.2, 0) is 4.79 Å². The van der Waals surface area contributed by atoms with Crippen LogP contribution in [0.1, 0.15) is 6.42 Å². The number of aliphatic hydroxyl groups is 1. The molecule has 0 unspecified atom stereocenters. The number of amides is 1. The number of hydrogen-bond acceptors (Lipinski definition) is 2. The van der Waals surface area contributed by atoms with E-state index in [1.54, 1.807) is 4.90 Å². The third kappa shape index (κ3) is 1.42. The lowest BCUT2D eigenvalue weighted by molar-refractivity contribution is -0.117. The lowest BCUT2D eigenvalue weighted by atomic mass is 10.1. The highest BCUT2D eigenvalue weighted by Crippen LogP contribution is 2.12. The number of carbonyl (C=O) groups excluding carboxylic acids is 1. The van der Waals surface area contributed by atoms with E-state index in [2.05, 4.69) is 0 Å². The molecule has 0 aromatic heterocycles. The minimum Gasteiger partial charge on any atom is -0.396 e. The van der Waals surface area contributed by atoms with Crippen LogP contribution in [0.5, 0.6) is 0 Å². The zero-order valence-corrected chi connectivity index (χ0v) is 5.29. The summed E-state index contributed by atoms with van der Waals surface area (Å²) in [5, 5.41) is 8.64. The van der Waals surface area contributed by atoms with E-state index in [1.165, 1.54) is 0 Å². The zero-order chi connectivity index (χ0) is 6.69. The van der Waals surface area contributed by atoms with Crippen molar-refractivity contribution in [2.24, 2.45) is 5.92 Å².